The lowest BCUT2D eigenvalue weighted by atomic mass is 10.1. The predicted molar refractivity (Wildman–Crippen MR) is 79.4 cm³/mol. The van der Waals surface area contributed by atoms with E-state index in [1.165, 1.54) is 0 Å². The van der Waals surface area contributed by atoms with Gasteiger partial charge in [-0.3, -0.25) is 4.98 Å². The van der Waals surface area contributed by atoms with Gasteiger partial charge in [0.2, 0.25) is 5.76 Å². The highest BCUT2D eigenvalue weighted by molar-refractivity contribution is 5.89. The van der Waals surface area contributed by atoms with Crippen LogP contribution in [0.25, 0.3) is 33.6 Å². The van der Waals surface area contributed by atoms with Crippen LogP contribution in [0.4, 0.5) is 5.82 Å². The largest absolute Gasteiger partial charge is 0.453 e. The molecule has 5 nitrogen and oxygen atoms in total. The zero-order chi connectivity index (χ0) is 14.2. The highest BCUT2D eigenvalue weighted by Crippen LogP contribution is 2.38. The van der Waals surface area contributed by atoms with Crippen LogP contribution in [0.2, 0.25) is 0 Å². The molecule has 0 fully saturated rings. The van der Waals surface area contributed by atoms with Crippen molar-refractivity contribution in [1.29, 1.82) is 0 Å². The Morgan fingerprint density at radius 2 is 1.95 bits per heavy atom. The Bertz CT molecular complexity index is 877. The molecular formula is C16H11N3O2. The molecule has 0 aliphatic carbocycles. The number of benzene rings is 1. The van der Waals surface area contributed by atoms with Gasteiger partial charge in [-0.2, -0.15) is 0 Å². The number of nitrogens with zero attached hydrogens (tertiary/aromatic N) is 2. The zero-order valence-electron chi connectivity index (χ0n) is 11.0. The third-order valence-corrected chi connectivity index (χ3v) is 3.32. The first-order valence-electron chi connectivity index (χ1n) is 6.47. The lowest BCUT2D eigenvalue weighted by Gasteiger charge is -1.99. The van der Waals surface area contributed by atoms with Crippen LogP contribution in [0.15, 0.2) is 63.8 Å². The number of fused-ring (bicyclic) bond motifs is 1. The van der Waals surface area contributed by atoms with Gasteiger partial charge in [-0.1, -0.05) is 29.4 Å². The summed E-state index contributed by atoms with van der Waals surface area (Å²) < 4.78 is 11.2. The van der Waals surface area contributed by atoms with E-state index in [4.69, 9.17) is 14.7 Å². The van der Waals surface area contributed by atoms with Gasteiger partial charge >= 0.3 is 0 Å². The minimum absolute atomic E-state index is 0.318. The Hall–Kier alpha value is -3.08. The fourth-order valence-electron chi connectivity index (χ4n) is 2.35. The van der Waals surface area contributed by atoms with E-state index in [0.29, 0.717) is 22.9 Å². The molecule has 3 heterocycles. The maximum Gasteiger partial charge on any atom is 0.212 e. The number of para-hydroxylation sites is 1. The van der Waals surface area contributed by atoms with E-state index in [2.05, 4.69) is 10.1 Å². The Morgan fingerprint density at radius 1 is 1.05 bits per heavy atom. The highest BCUT2D eigenvalue weighted by atomic mass is 16.5. The summed E-state index contributed by atoms with van der Waals surface area (Å²) >= 11 is 0. The molecule has 102 valence electrons. The van der Waals surface area contributed by atoms with Crippen molar-refractivity contribution in [3.8, 4) is 22.6 Å². The smallest absolute Gasteiger partial charge is 0.212 e. The fraction of sp³-hybridized carbons (Fsp3) is 0. The number of aromatic nitrogens is 2. The van der Waals surface area contributed by atoms with Gasteiger partial charge in [0.25, 0.3) is 0 Å². The summed E-state index contributed by atoms with van der Waals surface area (Å²) in [6.07, 6.45) is 3.42. The molecule has 5 heteroatoms. The van der Waals surface area contributed by atoms with Crippen LogP contribution in [0.5, 0.6) is 0 Å². The minimum atomic E-state index is 0.318. The van der Waals surface area contributed by atoms with Crippen LogP contribution in [-0.4, -0.2) is 10.1 Å². The minimum Gasteiger partial charge on any atom is -0.453 e. The van der Waals surface area contributed by atoms with Crippen LogP contribution < -0.4 is 5.73 Å². The van der Waals surface area contributed by atoms with Gasteiger partial charge < -0.3 is 14.7 Å². The summed E-state index contributed by atoms with van der Waals surface area (Å²) in [4.78, 5) is 4.10. The normalized spacial score (nSPS) is 11.0. The van der Waals surface area contributed by atoms with Crippen molar-refractivity contribution in [3.05, 3.63) is 54.9 Å². The van der Waals surface area contributed by atoms with E-state index >= 15 is 0 Å². The molecular weight excluding hydrogens is 266 g/mol. The van der Waals surface area contributed by atoms with Crippen molar-refractivity contribution in [2.75, 3.05) is 5.73 Å². The molecule has 4 rings (SSSR count). The number of rotatable bonds is 2. The summed E-state index contributed by atoms with van der Waals surface area (Å²) in [5, 5.41) is 4.85. The SMILES string of the molecule is Nc1noc(-c2cc3ccccc3o2)c1-c1cccnc1. The number of pyridine rings is 1. The summed E-state index contributed by atoms with van der Waals surface area (Å²) in [7, 11) is 0. The maximum absolute atomic E-state index is 5.93. The molecule has 0 aliphatic heterocycles. The molecule has 0 bridgehead atoms. The van der Waals surface area contributed by atoms with Crippen LogP contribution in [0, 0.1) is 0 Å². The van der Waals surface area contributed by atoms with E-state index in [0.717, 1.165) is 16.5 Å². The Kier molecular flexibility index (Phi) is 2.50. The number of nitrogen functional groups attached to an aromatic ring is 1. The summed E-state index contributed by atoms with van der Waals surface area (Å²) in [5.74, 6) is 1.43. The highest BCUT2D eigenvalue weighted by Gasteiger charge is 2.20. The molecule has 1 aromatic carbocycles. The summed E-state index contributed by atoms with van der Waals surface area (Å²) in [6, 6.07) is 13.4. The lowest BCUT2D eigenvalue weighted by Crippen LogP contribution is -1.88. The molecule has 4 aromatic rings. The molecule has 0 saturated heterocycles. The molecule has 21 heavy (non-hydrogen) atoms. The second kappa shape index (κ2) is 4.49. The molecule has 2 N–H and O–H groups in total. The molecule has 0 spiro atoms. The maximum atomic E-state index is 5.93. The molecule has 0 aliphatic rings. The third-order valence-electron chi connectivity index (χ3n) is 3.32. The number of hydrogen-bond donors (Lipinski definition) is 1. The van der Waals surface area contributed by atoms with Gasteiger partial charge in [-0.15, -0.1) is 0 Å². The average Bonchev–Trinajstić information content (AvgIpc) is 3.11. The fourth-order valence-corrected chi connectivity index (χ4v) is 2.35. The summed E-state index contributed by atoms with van der Waals surface area (Å²) in [6.45, 7) is 0. The molecule has 0 amide bonds. The average molecular weight is 277 g/mol. The van der Waals surface area contributed by atoms with Gasteiger partial charge in [0.05, 0.1) is 5.56 Å². The van der Waals surface area contributed by atoms with Crippen molar-refractivity contribution in [2.45, 2.75) is 0 Å². The first-order valence-corrected chi connectivity index (χ1v) is 6.47. The topological polar surface area (TPSA) is 78.1 Å². The number of furan rings is 1. The lowest BCUT2D eigenvalue weighted by molar-refractivity contribution is 0.424. The van der Waals surface area contributed by atoms with E-state index in [1.54, 1.807) is 12.4 Å². The van der Waals surface area contributed by atoms with Crippen molar-refractivity contribution in [2.24, 2.45) is 0 Å². The molecule has 0 atom stereocenters. The van der Waals surface area contributed by atoms with Gasteiger partial charge in [-0.25, -0.2) is 0 Å². The quantitative estimate of drug-likeness (QED) is 0.604. The van der Waals surface area contributed by atoms with Gasteiger partial charge in [0, 0.05) is 23.3 Å². The zero-order valence-corrected chi connectivity index (χ0v) is 11.0. The molecule has 0 saturated carbocycles. The van der Waals surface area contributed by atoms with Crippen molar-refractivity contribution >= 4 is 16.8 Å². The summed E-state index contributed by atoms with van der Waals surface area (Å²) in [5.41, 5.74) is 8.26. The second-order valence-electron chi connectivity index (χ2n) is 4.66. The predicted octanol–water partition coefficient (Wildman–Crippen LogP) is 3.73. The standard InChI is InChI=1S/C16H11N3O2/c17-16-14(11-5-3-7-18-9-11)15(21-19-16)13-8-10-4-1-2-6-12(10)20-13/h1-9H,(H2,17,19). The van der Waals surface area contributed by atoms with Crippen molar-refractivity contribution in [1.82, 2.24) is 10.1 Å². The molecule has 0 unspecified atom stereocenters. The monoisotopic (exact) mass is 277 g/mol. The van der Waals surface area contributed by atoms with Crippen LogP contribution in [0.1, 0.15) is 0 Å². The van der Waals surface area contributed by atoms with Crippen molar-refractivity contribution < 1.29 is 8.94 Å². The number of hydrogen-bond acceptors (Lipinski definition) is 5. The molecule has 3 aromatic heterocycles. The van der Waals surface area contributed by atoms with Crippen LogP contribution in [0.3, 0.4) is 0 Å². The number of nitrogens with two attached hydrogens (primary N) is 1. The second-order valence-corrected chi connectivity index (χ2v) is 4.66. The van der Waals surface area contributed by atoms with Gasteiger partial charge in [0.15, 0.2) is 11.6 Å². The van der Waals surface area contributed by atoms with E-state index in [9.17, 15) is 0 Å². The first-order chi connectivity index (χ1) is 10.3. The van der Waals surface area contributed by atoms with Crippen LogP contribution >= 0.6 is 0 Å². The third kappa shape index (κ3) is 1.87. The van der Waals surface area contributed by atoms with E-state index < -0.39 is 0 Å². The van der Waals surface area contributed by atoms with Crippen LogP contribution in [-0.2, 0) is 0 Å². The first kappa shape index (κ1) is 11.7. The van der Waals surface area contributed by atoms with Gasteiger partial charge in [-0.05, 0) is 18.2 Å². The Labute approximate surface area is 120 Å². The van der Waals surface area contributed by atoms with E-state index in [-0.39, 0.29) is 0 Å². The molecule has 0 radical (unpaired) electrons. The Balaban J connectivity index is 1.93. The van der Waals surface area contributed by atoms with E-state index in [1.807, 2.05) is 42.5 Å². The Morgan fingerprint density at radius 3 is 2.76 bits per heavy atom. The van der Waals surface area contributed by atoms with Gasteiger partial charge in [0.1, 0.15) is 5.58 Å². The van der Waals surface area contributed by atoms with Crippen molar-refractivity contribution in [3.63, 3.8) is 0 Å². The number of anilines is 1.